The number of rotatable bonds is 9. The lowest BCUT2D eigenvalue weighted by atomic mass is 9.85. The summed E-state index contributed by atoms with van der Waals surface area (Å²) in [6, 6.07) is 19.1. The molecular formula is C26H37N3O2. The molecule has 5 heteroatoms. The number of hydrogen-bond donors (Lipinski definition) is 2. The van der Waals surface area contributed by atoms with E-state index in [0.29, 0.717) is 19.3 Å². The Bertz CT molecular complexity index is 814. The lowest BCUT2D eigenvalue weighted by Gasteiger charge is -2.26. The zero-order valence-corrected chi connectivity index (χ0v) is 19.2. The van der Waals surface area contributed by atoms with Gasteiger partial charge in [-0.2, -0.15) is 0 Å². The first-order valence-corrected chi connectivity index (χ1v) is 11.4. The van der Waals surface area contributed by atoms with Crippen LogP contribution in [0.1, 0.15) is 50.3 Å². The molecule has 0 unspecified atom stereocenters. The van der Waals surface area contributed by atoms with Crippen molar-refractivity contribution >= 4 is 5.96 Å². The normalized spacial score (nSPS) is 15.6. The number of ether oxygens (including phenoxy) is 2. The van der Waals surface area contributed by atoms with Crippen molar-refractivity contribution in [2.24, 2.45) is 4.99 Å². The summed E-state index contributed by atoms with van der Waals surface area (Å²) in [4.78, 5) is 4.81. The fraction of sp³-hybridized carbons (Fsp3) is 0.500. The first-order valence-electron chi connectivity index (χ1n) is 11.4. The van der Waals surface area contributed by atoms with Crippen molar-refractivity contribution in [2.75, 3.05) is 26.3 Å². The maximum absolute atomic E-state index is 6.07. The summed E-state index contributed by atoms with van der Waals surface area (Å²) in [7, 11) is 0. The number of hydrogen-bond acceptors (Lipinski definition) is 3. The molecule has 5 nitrogen and oxygen atoms in total. The topological polar surface area (TPSA) is 54.9 Å². The summed E-state index contributed by atoms with van der Waals surface area (Å²) < 4.78 is 11.5. The van der Waals surface area contributed by atoms with Crippen LogP contribution in [-0.4, -0.2) is 38.4 Å². The zero-order chi connectivity index (χ0) is 21.9. The van der Waals surface area contributed by atoms with Gasteiger partial charge in [0, 0.05) is 31.7 Å². The highest BCUT2D eigenvalue weighted by Crippen LogP contribution is 2.21. The molecule has 0 atom stereocenters. The van der Waals surface area contributed by atoms with Crippen LogP contribution in [0.5, 0.6) is 0 Å². The van der Waals surface area contributed by atoms with Gasteiger partial charge in [-0.25, -0.2) is 4.99 Å². The Kier molecular flexibility index (Phi) is 8.92. The fourth-order valence-corrected chi connectivity index (χ4v) is 3.68. The van der Waals surface area contributed by atoms with E-state index in [2.05, 4.69) is 86.0 Å². The van der Waals surface area contributed by atoms with E-state index in [0.717, 1.165) is 45.1 Å². The molecule has 1 heterocycles. The first-order chi connectivity index (χ1) is 15.1. The third-order valence-corrected chi connectivity index (χ3v) is 5.66. The van der Waals surface area contributed by atoms with Crippen LogP contribution in [0.15, 0.2) is 59.6 Å². The van der Waals surface area contributed by atoms with Crippen molar-refractivity contribution in [1.29, 1.82) is 0 Å². The molecule has 3 rings (SSSR count). The Balaban J connectivity index is 1.55. The fourth-order valence-electron chi connectivity index (χ4n) is 3.68. The van der Waals surface area contributed by atoms with Crippen molar-refractivity contribution < 1.29 is 9.47 Å². The van der Waals surface area contributed by atoms with Gasteiger partial charge in [-0.1, -0.05) is 68.4 Å². The van der Waals surface area contributed by atoms with Crippen LogP contribution in [0.3, 0.4) is 0 Å². The van der Waals surface area contributed by atoms with Gasteiger partial charge in [0.25, 0.3) is 0 Å². The van der Waals surface area contributed by atoms with E-state index in [9.17, 15) is 0 Å². The maximum atomic E-state index is 6.07. The molecule has 0 amide bonds. The Morgan fingerprint density at radius 1 is 1.03 bits per heavy atom. The molecule has 1 fully saturated rings. The maximum Gasteiger partial charge on any atom is 0.191 e. The Labute approximate surface area is 187 Å². The van der Waals surface area contributed by atoms with Crippen molar-refractivity contribution in [1.82, 2.24) is 10.6 Å². The van der Waals surface area contributed by atoms with E-state index in [1.165, 1.54) is 16.7 Å². The van der Waals surface area contributed by atoms with E-state index in [4.69, 9.17) is 14.5 Å². The quantitative estimate of drug-likeness (QED) is 0.463. The molecular weight excluding hydrogens is 386 g/mol. The first kappa shape index (κ1) is 23.3. The molecule has 0 spiro atoms. The average Bonchev–Trinajstić information content (AvgIpc) is 2.81. The average molecular weight is 424 g/mol. The second kappa shape index (κ2) is 11.9. The number of benzene rings is 2. The standard InChI is InChI=1S/C26H37N3O2/c1-4-27-25(29-20-26(2,3)23-11-6-5-7-12-23)28-18-21-9-8-10-22(17-21)19-31-24-13-15-30-16-14-24/h5-12,17,24H,4,13-16,18-20H2,1-3H3,(H2,27,28,29). The summed E-state index contributed by atoms with van der Waals surface area (Å²) in [6.45, 7) is 11.1. The van der Waals surface area contributed by atoms with E-state index < -0.39 is 0 Å². The molecule has 1 aliphatic heterocycles. The van der Waals surface area contributed by atoms with Gasteiger partial charge in [0.15, 0.2) is 5.96 Å². The van der Waals surface area contributed by atoms with Gasteiger partial charge in [-0.15, -0.1) is 0 Å². The molecule has 0 aliphatic carbocycles. The second-order valence-electron chi connectivity index (χ2n) is 8.74. The van der Waals surface area contributed by atoms with Crippen LogP contribution in [0.2, 0.25) is 0 Å². The SMILES string of the molecule is CCNC(=NCc1cccc(COC2CCOCC2)c1)NCC(C)(C)c1ccccc1. The zero-order valence-electron chi connectivity index (χ0n) is 19.2. The minimum absolute atomic E-state index is 0.0128. The molecule has 168 valence electrons. The van der Waals surface area contributed by atoms with Crippen molar-refractivity contribution in [3.05, 3.63) is 71.3 Å². The predicted octanol–water partition coefficient (Wildman–Crippen LogP) is 4.42. The summed E-state index contributed by atoms with van der Waals surface area (Å²) in [5.41, 5.74) is 3.71. The molecule has 0 aromatic heterocycles. The number of nitrogens with one attached hydrogen (secondary N) is 2. The molecule has 0 saturated carbocycles. The Hall–Kier alpha value is -2.37. The van der Waals surface area contributed by atoms with Gasteiger partial charge in [-0.3, -0.25) is 0 Å². The van der Waals surface area contributed by atoms with Crippen LogP contribution in [0.25, 0.3) is 0 Å². The van der Waals surface area contributed by atoms with Crippen molar-refractivity contribution in [3.63, 3.8) is 0 Å². The molecule has 31 heavy (non-hydrogen) atoms. The third-order valence-electron chi connectivity index (χ3n) is 5.66. The number of guanidine groups is 1. The van der Waals surface area contributed by atoms with E-state index in [1.54, 1.807) is 0 Å². The van der Waals surface area contributed by atoms with Crippen molar-refractivity contribution in [2.45, 2.75) is 58.3 Å². The van der Waals surface area contributed by atoms with Crippen molar-refractivity contribution in [3.8, 4) is 0 Å². The second-order valence-corrected chi connectivity index (χ2v) is 8.74. The van der Waals surface area contributed by atoms with Gasteiger partial charge in [0.1, 0.15) is 0 Å². The highest BCUT2D eigenvalue weighted by molar-refractivity contribution is 5.79. The van der Waals surface area contributed by atoms with Gasteiger partial charge < -0.3 is 20.1 Å². The Morgan fingerprint density at radius 2 is 1.77 bits per heavy atom. The molecule has 0 radical (unpaired) electrons. The lowest BCUT2D eigenvalue weighted by Crippen LogP contribution is -2.43. The molecule has 0 bridgehead atoms. The van der Waals surface area contributed by atoms with E-state index >= 15 is 0 Å². The highest BCUT2D eigenvalue weighted by Gasteiger charge is 2.20. The van der Waals surface area contributed by atoms with Crippen LogP contribution in [-0.2, 0) is 28.0 Å². The van der Waals surface area contributed by atoms with Gasteiger partial charge >= 0.3 is 0 Å². The van der Waals surface area contributed by atoms with Crippen LogP contribution in [0, 0.1) is 0 Å². The molecule has 1 aliphatic rings. The molecule has 1 saturated heterocycles. The van der Waals surface area contributed by atoms with E-state index in [-0.39, 0.29) is 5.41 Å². The van der Waals surface area contributed by atoms with Crippen LogP contribution in [0.4, 0.5) is 0 Å². The van der Waals surface area contributed by atoms with E-state index in [1.807, 2.05) is 0 Å². The summed E-state index contributed by atoms with van der Waals surface area (Å²) in [5.74, 6) is 0.843. The smallest absolute Gasteiger partial charge is 0.191 e. The number of aliphatic imine (C=N–C) groups is 1. The van der Waals surface area contributed by atoms with Gasteiger partial charge in [0.05, 0.1) is 19.3 Å². The molecule has 2 aromatic carbocycles. The lowest BCUT2D eigenvalue weighted by molar-refractivity contribution is -0.0390. The third kappa shape index (κ3) is 7.67. The number of nitrogens with zero attached hydrogens (tertiary/aromatic N) is 1. The van der Waals surface area contributed by atoms with Gasteiger partial charge in [0.2, 0.25) is 0 Å². The molecule has 2 aromatic rings. The van der Waals surface area contributed by atoms with Crippen LogP contribution >= 0.6 is 0 Å². The summed E-state index contributed by atoms with van der Waals surface area (Å²) in [6.07, 6.45) is 2.29. The minimum atomic E-state index is 0.0128. The summed E-state index contributed by atoms with van der Waals surface area (Å²) >= 11 is 0. The Morgan fingerprint density at radius 3 is 2.52 bits per heavy atom. The molecule has 2 N–H and O–H groups in total. The van der Waals surface area contributed by atoms with Gasteiger partial charge in [-0.05, 0) is 36.5 Å². The predicted molar refractivity (Wildman–Crippen MR) is 127 cm³/mol. The van der Waals surface area contributed by atoms with Crippen LogP contribution < -0.4 is 10.6 Å². The monoisotopic (exact) mass is 423 g/mol. The minimum Gasteiger partial charge on any atom is -0.381 e. The summed E-state index contributed by atoms with van der Waals surface area (Å²) in [5, 5.41) is 6.88. The largest absolute Gasteiger partial charge is 0.381 e. The highest BCUT2D eigenvalue weighted by atomic mass is 16.5.